The summed E-state index contributed by atoms with van der Waals surface area (Å²) in [6.45, 7) is 0.0904. The van der Waals surface area contributed by atoms with Gasteiger partial charge in [0.2, 0.25) is 0 Å². The number of hydrogen-bond acceptors (Lipinski definition) is 2. The molecule has 1 aromatic carbocycles. The van der Waals surface area contributed by atoms with Gasteiger partial charge in [-0.3, -0.25) is 0 Å². The van der Waals surface area contributed by atoms with Crippen molar-refractivity contribution >= 4 is 31.9 Å². The Morgan fingerprint density at radius 1 is 1.43 bits per heavy atom. The summed E-state index contributed by atoms with van der Waals surface area (Å²) in [5.41, 5.74) is 1.08. The minimum Gasteiger partial charge on any atom is -0.497 e. The SMILES string of the molecule is COc1cccc([C@H](Br)[C@H](Br)CO)c1. The van der Waals surface area contributed by atoms with Gasteiger partial charge in [0.1, 0.15) is 5.75 Å². The number of benzene rings is 1. The molecule has 1 aromatic rings. The third-order valence-electron chi connectivity index (χ3n) is 1.90. The zero-order chi connectivity index (χ0) is 10.6. The minimum atomic E-state index is 0.00889. The van der Waals surface area contributed by atoms with Crippen LogP contribution in [0, 0.1) is 0 Å². The second-order valence-corrected chi connectivity index (χ2v) is 5.04. The molecule has 2 nitrogen and oxygen atoms in total. The number of alkyl halides is 2. The predicted molar refractivity (Wildman–Crippen MR) is 64.5 cm³/mol. The highest BCUT2D eigenvalue weighted by molar-refractivity contribution is 9.12. The van der Waals surface area contributed by atoms with E-state index in [1.807, 2.05) is 24.3 Å². The molecule has 0 fully saturated rings. The fraction of sp³-hybridized carbons (Fsp3) is 0.400. The van der Waals surface area contributed by atoms with E-state index in [0.29, 0.717) is 0 Å². The van der Waals surface area contributed by atoms with Gasteiger partial charge in [0.15, 0.2) is 0 Å². The largest absolute Gasteiger partial charge is 0.497 e. The highest BCUT2D eigenvalue weighted by atomic mass is 79.9. The summed E-state index contributed by atoms with van der Waals surface area (Å²) in [7, 11) is 1.64. The van der Waals surface area contributed by atoms with Gasteiger partial charge >= 0.3 is 0 Å². The van der Waals surface area contributed by atoms with Crippen LogP contribution in [0.5, 0.6) is 5.75 Å². The molecule has 0 aliphatic rings. The van der Waals surface area contributed by atoms with Crippen LogP contribution < -0.4 is 4.74 Å². The van der Waals surface area contributed by atoms with Crippen LogP contribution >= 0.6 is 31.9 Å². The highest BCUT2D eigenvalue weighted by Crippen LogP contribution is 2.32. The van der Waals surface area contributed by atoms with Crippen LogP contribution in [0.1, 0.15) is 10.4 Å². The average molecular weight is 324 g/mol. The van der Waals surface area contributed by atoms with Crippen molar-refractivity contribution in [3.8, 4) is 5.75 Å². The minimum absolute atomic E-state index is 0.00889. The first kappa shape index (κ1) is 12.0. The molecule has 4 heteroatoms. The van der Waals surface area contributed by atoms with Crippen LogP contribution in [-0.4, -0.2) is 23.7 Å². The molecule has 78 valence electrons. The molecular formula is C10H12Br2O2. The Hall–Kier alpha value is -0.0600. The third kappa shape index (κ3) is 2.97. The number of aliphatic hydroxyl groups is 1. The number of methoxy groups -OCH3 is 1. The van der Waals surface area contributed by atoms with Gasteiger partial charge < -0.3 is 9.84 Å². The molecule has 0 spiro atoms. The van der Waals surface area contributed by atoms with Gasteiger partial charge in [-0.25, -0.2) is 0 Å². The molecule has 0 amide bonds. The van der Waals surface area contributed by atoms with Gasteiger partial charge in [-0.2, -0.15) is 0 Å². The molecule has 1 N–H and O–H groups in total. The molecule has 0 unspecified atom stereocenters. The molecule has 0 aromatic heterocycles. The van der Waals surface area contributed by atoms with Gasteiger partial charge in [0, 0.05) is 0 Å². The Kier molecular flexibility index (Phi) is 4.92. The van der Waals surface area contributed by atoms with Crippen LogP contribution in [0.3, 0.4) is 0 Å². The van der Waals surface area contributed by atoms with Crippen molar-refractivity contribution in [1.82, 2.24) is 0 Å². The van der Waals surface area contributed by atoms with Crippen LogP contribution in [-0.2, 0) is 0 Å². The molecule has 0 aliphatic heterocycles. The standard InChI is InChI=1S/C10H12Br2O2/c1-14-8-4-2-3-7(5-8)10(12)9(11)6-13/h2-5,9-10,13H,6H2,1H3/t9-,10+/m1/s1. The Labute approximate surface area is 101 Å². The van der Waals surface area contributed by atoms with Crippen molar-refractivity contribution < 1.29 is 9.84 Å². The van der Waals surface area contributed by atoms with E-state index < -0.39 is 0 Å². The summed E-state index contributed by atoms with van der Waals surface area (Å²) in [5.74, 6) is 0.824. The topological polar surface area (TPSA) is 29.5 Å². The van der Waals surface area contributed by atoms with Gasteiger partial charge in [0.25, 0.3) is 0 Å². The summed E-state index contributed by atoms with van der Waals surface area (Å²) in [5, 5.41) is 8.98. The first-order valence-corrected chi connectivity index (χ1v) is 6.05. The van der Waals surface area contributed by atoms with Gasteiger partial charge in [0.05, 0.1) is 23.4 Å². The van der Waals surface area contributed by atoms with Gasteiger partial charge in [-0.1, -0.05) is 44.0 Å². The van der Waals surface area contributed by atoms with Crippen LogP contribution in [0.15, 0.2) is 24.3 Å². The lowest BCUT2D eigenvalue weighted by atomic mass is 10.1. The maximum atomic E-state index is 8.98. The summed E-state index contributed by atoms with van der Waals surface area (Å²) < 4.78 is 5.12. The molecule has 1 rings (SSSR count). The zero-order valence-electron chi connectivity index (χ0n) is 7.78. The first-order chi connectivity index (χ1) is 6.69. The van der Waals surface area contributed by atoms with E-state index >= 15 is 0 Å². The first-order valence-electron chi connectivity index (χ1n) is 4.22. The van der Waals surface area contributed by atoms with Crippen LogP contribution in [0.25, 0.3) is 0 Å². The second-order valence-electron chi connectivity index (χ2n) is 2.88. The fourth-order valence-electron chi connectivity index (χ4n) is 1.11. The molecule has 0 bridgehead atoms. The van der Waals surface area contributed by atoms with E-state index in [9.17, 15) is 0 Å². The van der Waals surface area contributed by atoms with Crippen LogP contribution in [0.4, 0.5) is 0 Å². The van der Waals surface area contributed by atoms with Crippen molar-refractivity contribution in [2.45, 2.75) is 9.65 Å². The summed E-state index contributed by atoms with van der Waals surface area (Å²) in [6, 6.07) is 7.76. The second kappa shape index (κ2) is 5.73. The molecule has 0 saturated carbocycles. The molecule has 2 atom stereocenters. The van der Waals surface area contributed by atoms with Crippen molar-refractivity contribution in [3.05, 3.63) is 29.8 Å². The molecule has 0 aliphatic carbocycles. The normalized spacial score (nSPS) is 14.9. The van der Waals surface area contributed by atoms with E-state index in [1.165, 1.54) is 0 Å². The fourth-order valence-corrected chi connectivity index (χ4v) is 1.87. The van der Waals surface area contributed by atoms with E-state index in [2.05, 4.69) is 31.9 Å². The molecule has 0 saturated heterocycles. The Morgan fingerprint density at radius 3 is 2.71 bits per heavy atom. The predicted octanol–water partition coefficient (Wildman–Crippen LogP) is 2.89. The van der Waals surface area contributed by atoms with Crippen molar-refractivity contribution in [2.75, 3.05) is 13.7 Å². The Morgan fingerprint density at radius 2 is 2.14 bits per heavy atom. The lowest BCUT2D eigenvalue weighted by molar-refractivity contribution is 0.295. The van der Waals surface area contributed by atoms with Crippen molar-refractivity contribution in [1.29, 1.82) is 0 Å². The van der Waals surface area contributed by atoms with Gasteiger partial charge in [-0.05, 0) is 17.7 Å². The summed E-state index contributed by atoms with van der Waals surface area (Å²) >= 11 is 6.90. The Bertz CT molecular complexity index is 291. The quantitative estimate of drug-likeness (QED) is 0.863. The van der Waals surface area contributed by atoms with Crippen LogP contribution in [0.2, 0.25) is 0 Å². The number of hydrogen-bond donors (Lipinski definition) is 1. The number of aliphatic hydroxyl groups excluding tert-OH is 1. The van der Waals surface area contributed by atoms with Gasteiger partial charge in [-0.15, -0.1) is 0 Å². The number of ether oxygens (including phenoxy) is 1. The van der Waals surface area contributed by atoms with Crippen molar-refractivity contribution in [2.24, 2.45) is 0 Å². The van der Waals surface area contributed by atoms with E-state index in [0.717, 1.165) is 11.3 Å². The Balaban J connectivity index is 2.83. The maximum absolute atomic E-state index is 8.98. The smallest absolute Gasteiger partial charge is 0.119 e. The number of halogens is 2. The average Bonchev–Trinajstić information content (AvgIpc) is 2.27. The molecule has 0 radical (unpaired) electrons. The highest BCUT2D eigenvalue weighted by Gasteiger charge is 2.16. The summed E-state index contributed by atoms with van der Waals surface area (Å²) in [6.07, 6.45) is 0. The van der Waals surface area contributed by atoms with E-state index in [1.54, 1.807) is 7.11 Å². The molecular weight excluding hydrogens is 312 g/mol. The lowest BCUT2D eigenvalue weighted by Crippen LogP contribution is -2.10. The zero-order valence-corrected chi connectivity index (χ0v) is 11.0. The maximum Gasteiger partial charge on any atom is 0.119 e. The van der Waals surface area contributed by atoms with E-state index in [-0.39, 0.29) is 16.3 Å². The molecule has 0 heterocycles. The van der Waals surface area contributed by atoms with Crippen molar-refractivity contribution in [3.63, 3.8) is 0 Å². The molecule has 14 heavy (non-hydrogen) atoms. The number of rotatable bonds is 4. The monoisotopic (exact) mass is 322 g/mol. The lowest BCUT2D eigenvalue weighted by Gasteiger charge is -2.15. The van der Waals surface area contributed by atoms with E-state index in [4.69, 9.17) is 9.84 Å². The summed E-state index contributed by atoms with van der Waals surface area (Å²) in [4.78, 5) is 0.0946. The third-order valence-corrected chi connectivity index (χ3v) is 4.60.